The van der Waals surface area contributed by atoms with Crippen molar-refractivity contribution in [1.29, 1.82) is 0 Å². The molecule has 3 atom stereocenters. The summed E-state index contributed by atoms with van der Waals surface area (Å²) in [5.74, 6) is 0.530. The van der Waals surface area contributed by atoms with Gasteiger partial charge < -0.3 is 15.4 Å². The van der Waals surface area contributed by atoms with E-state index in [4.69, 9.17) is 0 Å². The number of rotatable bonds is 3. The van der Waals surface area contributed by atoms with Crippen LogP contribution in [0.5, 0.6) is 0 Å². The molecule has 0 saturated heterocycles. The van der Waals surface area contributed by atoms with Gasteiger partial charge in [-0.3, -0.25) is 4.79 Å². The van der Waals surface area contributed by atoms with E-state index in [9.17, 15) is 9.90 Å². The van der Waals surface area contributed by atoms with Crippen LogP contribution in [0.4, 0.5) is 0 Å². The zero-order valence-electron chi connectivity index (χ0n) is 11.6. The first kappa shape index (κ1) is 13.3. The quantitative estimate of drug-likeness (QED) is 0.722. The third-order valence-electron chi connectivity index (χ3n) is 4.81. The fourth-order valence-electron chi connectivity index (χ4n) is 3.97. The van der Waals surface area contributed by atoms with Gasteiger partial charge in [-0.15, -0.1) is 6.58 Å². The highest BCUT2D eigenvalue weighted by Gasteiger charge is 2.48. The Balaban J connectivity index is 2.23. The Morgan fingerprint density at radius 2 is 2.40 bits per heavy atom. The maximum absolute atomic E-state index is 11.6. The number of aliphatic hydroxyl groups is 1. The summed E-state index contributed by atoms with van der Waals surface area (Å²) >= 11 is 0. The van der Waals surface area contributed by atoms with Crippen molar-refractivity contribution in [2.75, 3.05) is 13.7 Å². The molecule has 2 aliphatic carbocycles. The second-order valence-corrected chi connectivity index (χ2v) is 5.73. The minimum Gasteiger partial charge on any atom is -0.392 e. The molecule has 2 bridgehead atoms. The van der Waals surface area contributed by atoms with Crippen molar-refractivity contribution >= 4 is 0 Å². The van der Waals surface area contributed by atoms with Gasteiger partial charge in [0.05, 0.1) is 12.1 Å². The van der Waals surface area contributed by atoms with Crippen LogP contribution in [0.2, 0.25) is 0 Å². The lowest BCUT2D eigenvalue weighted by Crippen LogP contribution is -2.54. The van der Waals surface area contributed by atoms with Gasteiger partial charge in [0.2, 0.25) is 5.56 Å². The molecule has 1 heterocycles. The molecule has 0 spiro atoms. The Morgan fingerprint density at radius 1 is 1.60 bits per heavy atom. The predicted octanol–water partition coefficient (Wildman–Crippen LogP) is 1.09. The molecule has 4 nitrogen and oxygen atoms in total. The number of fused-ring (bicyclic) bond motifs is 4. The fraction of sp³-hybridized carbons (Fsp3) is 0.438. The third-order valence-corrected chi connectivity index (χ3v) is 4.81. The second-order valence-electron chi connectivity index (χ2n) is 5.73. The van der Waals surface area contributed by atoms with Crippen LogP contribution in [0.25, 0.3) is 0 Å². The summed E-state index contributed by atoms with van der Waals surface area (Å²) in [6.45, 7) is 4.08. The lowest BCUT2D eigenvalue weighted by molar-refractivity contribution is 0.167. The maximum Gasteiger partial charge on any atom is 0.248 e. The minimum atomic E-state index is -0.281. The number of hydrogen-bond acceptors (Lipinski definition) is 3. The van der Waals surface area contributed by atoms with E-state index in [-0.39, 0.29) is 29.5 Å². The van der Waals surface area contributed by atoms with Crippen LogP contribution >= 0.6 is 0 Å². The molecule has 0 fully saturated rings. The van der Waals surface area contributed by atoms with Crippen molar-refractivity contribution < 1.29 is 5.11 Å². The van der Waals surface area contributed by atoms with Crippen molar-refractivity contribution in [1.82, 2.24) is 10.3 Å². The molecular formula is C16H20N2O2. The van der Waals surface area contributed by atoms with Gasteiger partial charge in [-0.1, -0.05) is 12.2 Å². The average Bonchev–Trinajstić information content (AvgIpc) is 2.45. The summed E-state index contributed by atoms with van der Waals surface area (Å²) < 4.78 is 0. The van der Waals surface area contributed by atoms with Crippen LogP contribution < -0.4 is 10.9 Å². The van der Waals surface area contributed by atoms with E-state index < -0.39 is 0 Å². The fourth-order valence-corrected chi connectivity index (χ4v) is 3.97. The molecule has 0 aromatic carbocycles. The molecule has 2 aliphatic rings. The molecule has 4 heteroatoms. The molecule has 0 saturated carbocycles. The zero-order chi connectivity index (χ0) is 14.3. The molecule has 0 amide bonds. The lowest BCUT2D eigenvalue weighted by atomic mass is 9.59. The Kier molecular flexibility index (Phi) is 3.15. The van der Waals surface area contributed by atoms with Gasteiger partial charge in [0.25, 0.3) is 0 Å². The molecule has 106 valence electrons. The van der Waals surface area contributed by atoms with Gasteiger partial charge in [0.15, 0.2) is 0 Å². The van der Waals surface area contributed by atoms with Crippen LogP contribution in [-0.4, -0.2) is 23.7 Å². The highest BCUT2D eigenvalue weighted by Crippen LogP contribution is 2.49. The van der Waals surface area contributed by atoms with E-state index in [1.165, 1.54) is 0 Å². The normalized spacial score (nSPS) is 31.4. The third kappa shape index (κ3) is 1.72. The second kappa shape index (κ2) is 4.72. The average molecular weight is 272 g/mol. The molecule has 1 aromatic rings. The predicted molar refractivity (Wildman–Crippen MR) is 78.5 cm³/mol. The summed E-state index contributed by atoms with van der Waals surface area (Å²) in [6, 6.07) is 3.49. The number of hydrogen-bond donors (Lipinski definition) is 3. The van der Waals surface area contributed by atoms with E-state index in [0.29, 0.717) is 0 Å². The van der Waals surface area contributed by atoms with Gasteiger partial charge in [-0.25, -0.2) is 0 Å². The summed E-state index contributed by atoms with van der Waals surface area (Å²) in [4.78, 5) is 14.5. The largest absolute Gasteiger partial charge is 0.392 e. The highest BCUT2D eigenvalue weighted by atomic mass is 16.3. The summed E-state index contributed by atoms with van der Waals surface area (Å²) in [5.41, 5.74) is 2.84. The Bertz CT molecular complexity index is 632. The number of aromatic nitrogens is 1. The van der Waals surface area contributed by atoms with Gasteiger partial charge >= 0.3 is 0 Å². The first-order valence-electron chi connectivity index (χ1n) is 6.99. The van der Waals surface area contributed by atoms with Crippen LogP contribution in [0, 0.1) is 11.8 Å². The maximum atomic E-state index is 11.6. The van der Waals surface area contributed by atoms with Crippen LogP contribution in [0.15, 0.2) is 41.2 Å². The molecule has 3 unspecified atom stereocenters. The van der Waals surface area contributed by atoms with Crippen molar-refractivity contribution in [3.63, 3.8) is 0 Å². The first-order chi connectivity index (χ1) is 9.64. The number of aromatic amines is 1. The van der Waals surface area contributed by atoms with Gasteiger partial charge in [0, 0.05) is 17.7 Å². The first-order valence-corrected chi connectivity index (χ1v) is 6.99. The molecule has 3 rings (SSSR count). The Labute approximate surface area is 118 Å². The number of H-pyrrole nitrogens is 1. The van der Waals surface area contributed by atoms with Crippen molar-refractivity contribution in [3.05, 3.63) is 58.0 Å². The summed E-state index contributed by atoms with van der Waals surface area (Å²) in [6.07, 6.45) is 5.68. The summed E-state index contributed by atoms with van der Waals surface area (Å²) in [5, 5.41) is 13.0. The lowest BCUT2D eigenvalue weighted by Gasteiger charge is -2.50. The van der Waals surface area contributed by atoms with Crippen LogP contribution in [0.1, 0.15) is 17.7 Å². The molecule has 3 N–H and O–H groups in total. The zero-order valence-corrected chi connectivity index (χ0v) is 11.6. The van der Waals surface area contributed by atoms with Crippen molar-refractivity contribution in [2.24, 2.45) is 11.8 Å². The standard InChI is InChI=1S/C16H20N2O2/c1-3-12-11-6-10(9-19)8-16(12,17-2)13-4-5-15(20)18-14(13)7-11/h3-6,11-12,17,19H,1,7-9H2,2H3,(H,18,20). The Morgan fingerprint density at radius 3 is 3.05 bits per heavy atom. The van der Waals surface area contributed by atoms with E-state index in [1.807, 2.05) is 19.2 Å². The summed E-state index contributed by atoms with van der Waals surface area (Å²) in [7, 11) is 1.94. The van der Waals surface area contributed by atoms with Crippen LogP contribution in [0.3, 0.4) is 0 Å². The molecule has 1 aromatic heterocycles. The van der Waals surface area contributed by atoms with E-state index in [1.54, 1.807) is 6.07 Å². The topological polar surface area (TPSA) is 65.1 Å². The smallest absolute Gasteiger partial charge is 0.248 e. The number of pyridine rings is 1. The highest BCUT2D eigenvalue weighted by molar-refractivity contribution is 5.41. The SMILES string of the molecule is C=CC1C2C=C(CO)CC1(NC)c1ccc(=O)[nH]c1C2. The van der Waals surface area contributed by atoms with Crippen molar-refractivity contribution in [3.8, 4) is 0 Å². The minimum absolute atomic E-state index is 0.0588. The molecule has 20 heavy (non-hydrogen) atoms. The van der Waals surface area contributed by atoms with E-state index in [2.05, 4.69) is 23.0 Å². The van der Waals surface area contributed by atoms with E-state index >= 15 is 0 Å². The molecule has 0 radical (unpaired) electrons. The van der Waals surface area contributed by atoms with Gasteiger partial charge in [-0.2, -0.15) is 0 Å². The number of nitrogens with one attached hydrogen (secondary N) is 2. The monoisotopic (exact) mass is 272 g/mol. The van der Waals surface area contributed by atoms with Gasteiger partial charge in [0.1, 0.15) is 0 Å². The number of aliphatic hydroxyl groups excluding tert-OH is 1. The van der Waals surface area contributed by atoms with Crippen LogP contribution in [-0.2, 0) is 12.0 Å². The van der Waals surface area contributed by atoms with E-state index in [0.717, 1.165) is 29.7 Å². The molecule has 0 aliphatic heterocycles. The number of allylic oxidation sites excluding steroid dienone is 1. The van der Waals surface area contributed by atoms with Crippen molar-refractivity contribution in [2.45, 2.75) is 18.4 Å². The van der Waals surface area contributed by atoms with Gasteiger partial charge in [-0.05, 0) is 43.0 Å². The molecular weight excluding hydrogens is 252 g/mol. The Hall–Kier alpha value is -1.65.